The zero-order chi connectivity index (χ0) is 15.7. The van der Waals surface area contributed by atoms with Gasteiger partial charge in [-0.15, -0.1) is 0 Å². The van der Waals surface area contributed by atoms with Crippen LogP contribution in [0, 0.1) is 13.8 Å². The summed E-state index contributed by atoms with van der Waals surface area (Å²) in [5.41, 5.74) is 5.09. The molecule has 0 saturated heterocycles. The van der Waals surface area contributed by atoms with Crippen LogP contribution >= 0.6 is 0 Å². The molecule has 1 aromatic heterocycles. The molecule has 3 heteroatoms. The third-order valence-electron chi connectivity index (χ3n) is 4.41. The minimum atomic E-state index is 0.925. The second-order valence-electron chi connectivity index (χ2n) is 6.08. The number of aromatic nitrogens is 2. The van der Waals surface area contributed by atoms with Gasteiger partial charge >= 0.3 is 0 Å². The molecule has 0 aliphatic rings. The number of rotatable bonds is 4. The predicted octanol–water partition coefficient (Wildman–Crippen LogP) is 3.82. The second-order valence-corrected chi connectivity index (χ2v) is 6.08. The molecule has 0 aliphatic carbocycles. The summed E-state index contributed by atoms with van der Waals surface area (Å²) in [6.45, 7) is 6.10. The number of hydrogen-bond donors (Lipinski definition) is 0. The zero-order valence-corrected chi connectivity index (χ0v) is 13.8. The first-order valence-electron chi connectivity index (χ1n) is 7.70. The lowest BCUT2D eigenvalue weighted by Gasteiger charge is -2.18. The summed E-state index contributed by atoms with van der Waals surface area (Å²) in [5.74, 6) is 0. The highest BCUT2D eigenvalue weighted by Crippen LogP contribution is 2.21. The maximum Gasteiger partial charge on any atom is 0.0641 e. The lowest BCUT2D eigenvalue weighted by atomic mass is 10.0. The van der Waals surface area contributed by atoms with Crippen LogP contribution in [0.4, 0.5) is 0 Å². The standard InChI is InChI=1S/C19H23N3/c1-14-19(15(2)22(4)20-14)13-21(3)12-17-10-7-9-16-8-5-6-11-18(16)17/h5-11H,12-13H2,1-4H3. The van der Waals surface area contributed by atoms with Gasteiger partial charge in [0.15, 0.2) is 0 Å². The topological polar surface area (TPSA) is 21.1 Å². The van der Waals surface area contributed by atoms with Gasteiger partial charge in [-0.3, -0.25) is 9.58 Å². The van der Waals surface area contributed by atoms with Gasteiger partial charge < -0.3 is 0 Å². The van der Waals surface area contributed by atoms with Crippen LogP contribution in [0.5, 0.6) is 0 Å². The average Bonchev–Trinajstić information content (AvgIpc) is 2.74. The van der Waals surface area contributed by atoms with Crippen LogP contribution in [0.1, 0.15) is 22.5 Å². The lowest BCUT2D eigenvalue weighted by molar-refractivity contribution is 0.319. The Morgan fingerprint density at radius 1 is 1.00 bits per heavy atom. The first kappa shape index (κ1) is 14.8. The van der Waals surface area contributed by atoms with Crippen LogP contribution in [0.15, 0.2) is 42.5 Å². The van der Waals surface area contributed by atoms with Gasteiger partial charge in [-0.2, -0.15) is 5.10 Å². The van der Waals surface area contributed by atoms with Crippen LogP contribution in [0.3, 0.4) is 0 Å². The number of hydrogen-bond acceptors (Lipinski definition) is 2. The molecule has 3 aromatic rings. The molecule has 1 heterocycles. The van der Waals surface area contributed by atoms with Crippen molar-refractivity contribution in [1.82, 2.24) is 14.7 Å². The Hall–Kier alpha value is -2.13. The van der Waals surface area contributed by atoms with E-state index in [1.807, 2.05) is 11.7 Å². The van der Waals surface area contributed by atoms with Crippen molar-refractivity contribution >= 4 is 10.8 Å². The average molecular weight is 293 g/mol. The van der Waals surface area contributed by atoms with E-state index in [4.69, 9.17) is 0 Å². The highest BCUT2D eigenvalue weighted by molar-refractivity contribution is 5.85. The van der Waals surface area contributed by atoms with E-state index in [2.05, 4.69) is 73.4 Å². The number of benzene rings is 2. The molecule has 0 radical (unpaired) electrons. The minimum Gasteiger partial charge on any atom is -0.298 e. The fraction of sp³-hybridized carbons (Fsp3) is 0.316. The number of aryl methyl sites for hydroxylation is 2. The Morgan fingerprint density at radius 2 is 1.73 bits per heavy atom. The largest absolute Gasteiger partial charge is 0.298 e. The van der Waals surface area contributed by atoms with Crippen molar-refractivity contribution in [1.29, 1.82) is 0 Å². The summed E-state index contributed by atoms with van der Waals surface area (Å²) in [5, 5.41) is 7.16. The molecule has 114 valence electrons. The van der Waals surface area contributed by atoms with Crippen molar-refractivity contribution < 1.29 is 0 Å². The molecule has 0 atom stereocenters. The summed E-state index contributed by atoms with van der Waals surface area (Å²) in [4.78, 5) is 2.36. The van der Waals surface area contributed by atoms with E-state index in [1.54, 1.807) is 0 Å². The summed E-state index contributed by atoms with van der Waals surface area (Å²) < 4.78 is 1.97. The van der Waals surface area contributed by atoms with Gasteiger partial charge in [0.2, 0.25) is 0 Å². The molecule has 22 heavy (non-hydrogen) atoms. The van der Waals surface area contributed by atoms with Crippen LogP contribution < -0.4 is 0 Å². The van der Waals surface area contributed by atoms with E-state index in [1.165, 1.54) is 27.6 Å². The molecule has 2 aromatic carbocycles. The lowest BCUT2D eigenvalue weighted by Crippen LogP contribution is -2.18. The third kappa shape index (κ3) is 2.77. The SMILES string of the molecule is Cc1nn(C)c(C)c1CN(C)Cc1cccc2ccccc12. The third-order valence-corrected chi connectivity index (χ3v) is 4.41. The summed E-state index contributed by atoms with van der Waals surface area (Å²) in [6, 6.07) is 15.1. The molecule has 0 unspecified atom stereocenters. The Morgan fingerprint density at radius 3 is 2.45 bits per heavy atom. The first-order valence-corrected chi connectivity index (χ1v) is 7.70. The maximum atomic E-state index is 4.51. The van der Waals surface area contributed by atoms with Gasteiger partial charge in [-0.25, -0.2) is 0 Å². The Kier molecular flexibility index (Phi) is 3.99. The Labute approximate surface area is 132 Å². The molecule has 0 aliphatic heterocycles. The van der Waals surface area contributed by atoms with Crippen LogP contribution in [-0.2, 0) is 20.1 Å². The molecule has 0 fully saturated rings. The van der Waals surface area contributed by atoms with Crippen molar-refractivity contribution in [3.63, 3.8) is 0 Å². The molecule has 0 spiro atoms. The number of nitrogens with zero attached hydrogens (tertiary/aromatic N) is 3. The van der Waals surface area contributed by atoms with Crippen molar-refractivity contribution in [3.05, 3.63) is 65.0 Å². The molecule has 0 bridgehead atoms. The van der Waals surface area contributed by atoms with E-state index in [9.17, 15) is 0 Å². The van der Waals surface area contributed by atoms with Crippen LogP contribution in [0.2, 0.25) is 0 Å². The normalized spacial score (nSPS) is 11.5. The van der Waals surface area contributed by atoms with Crippen molar-refractivity contribution in [2.45, 2.75) is 26.9 Å². The summed E-state index contributed by atoms with van der Waals surface area (Å²) in [7, 11) is 4.18. The fourth-order valence-electron chi connectivity index (χ4n) is 3.09. The summed E-state index contributed by atoms with van der Waals surface area (Å²) in [6.07, 6.45) is 0. The fourth-order valence-corrected chi connectivity index (χ4v) is 3.09. The van der Waals surface area contributed by atoms with Gasteiger partial charge in [-0.1, -0.05) is 42.5 Å². The summed E-state index contributed by atoms with van der Waals surface area (Å²) >= 11 is 0. The minimum absolute atomic E-state index is 0.925. The Balaban J connectivity index is 1.83. The maximum absolute atomic E-state index is 4.51. The van der Waals surface area contributed by atoms with Gasteiger partial charge in [0.05, 0.1) is 5.69 Å². The Bertz CT molecular complexity index is 796. The van der Waals surface area contributed by atoms with E-state index in [0.717, 1.165) is 18.8 Å². The predicted molar refractivity (Wildman–Crippen MR) is 91.8 cm³/mol. The first-order chi connectivity index (χ1) is 10.6. The van der Waals surface area contributed by atoms with Crippen molar-refractivity contribution in [2.75, 3.05) is 7.05 Å². The molecule has 0 amide bonds. The van der Waals surface area contributed by atoms with Crippen molar-refractivity contribution in [3.8, 4) is 0 Å². The quantitative estimate of drug-likeness (QED) is 0.729. The number of fused-ring (bicyclic) bond motifs is 1. The molecule has 0 saturated carbocycles. The smallest absolute Gasteiger partial charge is 0.0641 e. The van der Waals surface area contributed by atoms with Gasteiger partial charge in [-0.05, 0) is 37.2 Å². The monoisotopic (exact) mass is 293 g/mol. The van der Waals surface area contributed by atoms with Gasteiger partial charge in [0, 0.05) is 31.4 Å². The molecule has 0 N–H and O–H groups in total. The van der Waals surface area contributed by atoms with Crippen molar-refractivity contribution in [2.24, 2.45) is 7.05 Å². The molecule has 3 rings (SSSR count). The van der Waals surface area contributed by atoms with E-state index in [-0.39, 0.29) is 0 Å². The van der Waals surface area contributed by atoms with Crippen LogP contribution in [0.25, 0.3) is 10.8 Å². The van der Waals surface area contributed by atoms with E-state index >= 15 is 0 Å². The molecule has 3 nitrogen and oxygen atoms in total. The van der Waals surface area contributed by atoms with E-state index < -0.39 is 0 Å². The van der Waals surface area contributed by atoms with E-state index in [0.29, 0.717) is 0 Å². The molecular weight excluding hydrogens is 270 g/mol. The van der Waals surface area contributed by atoms with Gasteiger partial charge in [0.1, 0.15) is 0 Å². The molecular formula is C19H23N3. The highest BCUT2D eigenvalue weighted by atomic mass is 15.3. The highest BCUT2D eigenvalue weighted by Gasteiger charge is 2.12. The second kappa shape index (κ2) is 5.93. The van der Waals surface area contributed by atoms with Crippen LogP contribution in [-0.4, -0.2) is 21.7 Å². The zero-order valence-electron chi connectivity index (χ0n) is 13.8. The van der Waals surface area contributed by atoms with Gasteiger partial charge in [0.25, 0.3) is 0 Å².